The molecule has 4 heterocycles. The summed E-state index contributed by atoms with van der Waals surface area (Å²) in [6, 6.07) is 7.85. The predicted molar refractivity (Wildman–Crippen MR) is 81.3 cm³/mol. The Kier molecular flexibility index (Phi) is 2.47. The third-order valence-corrected chi connectivity index (χ3v) is 3.43. The number of aromatic nitrogens is 5. The average Bonchev–Trinajstić information content (AvgIpc) is 3.15. The van der Waals surface area contributed by atoms with Crippen molar-refractivity contribution in [1.29, 1.82) is 0 Å². The Morgan fingerprint density at radius 1 is 1.00 bits per heavy atom. The van der Waals surface area contributed by atoms with E-state index >= 15 is 0 Å². The molecule has 0 fully saturated rings. The summed E-state index contributed by atoms with van der Waals surface area (Å²) in [5, 5.41) is 7.82. The lowest BCUT2D eigenvalue weighted by Crippen LogP contribution is -1.90. The van der Waals surface area contributed by atoms with Gasteiger partial charge in [-0.05, 0) is 35.4 Å². The van der Waals surface area contributed by atoms with Crippen molar-refractivity contribution < 1.29 is 0 Å². The Morgan fingerprint density at radius 2 is 1.90 bits per heavy atom. The number of nitrogen functional groups attached to an aromatic ring is 1. The zero-order valence-corrected chi connectivity index (χ0v) is 11.0. The number of H-pyrrole nitrogens is 2. The van der Waals surface area contributed by atoms with Gasteiger partial charge in [-0.25, -0.2) is 9.97 Å². The molecule has 0 unspecified atom stereocenters. The monoisotopic (exact) mass is 276 g/mol. The summed E-state index contributed by atoms with van der Waals surface area (Å²) >= 11 is 0. The number of rotatable bonds is 2. The van der Waals surface area contributed by atoms with Gasteiger partial charge in [0, 0.05) is 29.5 Å². The number of nitrogens with two attached hydrogens (primary N) is 1. The fourth-order valence-corrected chi connectivity index (χ4v) is 2.45. The lowest BCUT2D eigenvalue weighted by molar-refractivity contribution is 1.09. The van der Waals surface area contributed by atoms with Gasteiger partial charge in [-0.1, -0.05) is 0 Å². The molecular formula is C15H12N6. The molecule has 0 aliphatic rings. The summed E-state index contributed by atoms with van der Waals surface area (Å²) in [6.07, 6.45) is 7.11. The van der Waals surface area contributed by atoms with Crippen LogP contribution < -0.4 is 5.73 Å². The molecule has 0 spiro atoms. The van der Waals surface area contributed by atoms with Crippen LogP contribution in [0, 0.1) is 0 Å². The van der Waals surface area contributed by atoms with E-state index in [1.54, 1.807) is 18.6 Å². The lowest BCUT2D eigenvalue weighted by atomic mass is 10.0. The highest BCUT2D eigenvalue weighted by Crippen LogP contribution is 2.31. The minimum Gasteiger partial charge on any atom is -0.384 e. The molecular weight excluding hydrogens is 264 g/mol. The van der Waals surface area contributed by atoms with E-state index in [9.17, 15) is 0 Å². The van der Waals surface area contributed by atoms with Crippen LogP contribution in [0.1, 0.15) is 0 Å². The molecule has 4 N–H and O–H groups in total. The highest BCUT2D eigenvalue weighted by Gasteiger charge is 2.10. The number of hydrogen-bond donors (Lipinski definition) is 3. The van der Waals surface area contributed by atoms with E-state index in [1.807, 2.05) is 24.4 Å². The quantitative estimate of drug-likeness (QED) is 0.524. The van der Waals surface area contributed by atoms with Crippen molar-refractivity contribution in [3.63, 3.8) is 0 Å². The number of anilines is 1. The van der Waals surface area contributed by atoms with Crippen LogP contribution in [-0.4, -0.2) is 25.1 Å². The topological polar surface area (TPSA) is 96.3 Å². The number of nitrogens with one attached hydrogen (secondary N) is 2. The SMILES string of the molecule is Nc1cc(-c2ccnc3[nH]c(-c4cn[nH]c4)cc23)ccn1. The van der Waals surface area contributed by atoms with Gasteiger partial charge in [-0.15, -0.1) is 0 Å². The summed E-state index contributed by atoms with van der Waals surface area (Å²) in [6.45, 7) is 0. The van der Waals surface area contributed by atoms with Crippen LogP contribution in [0.5, 0.6) is 0 Å². The van der Waals surface area contributed by atoms with Gasteiger partial charge < -0.3 is 10.7 Å². The van der Waals surface area contributed by atoms with Crippen LogP contribution in [0.4, 0.5) is 5.82 Å². The van der Waals surface area contributed by atoms with E-state index in [4.69, 9.17) is 5.73 Å². The highest BCUT2D eigenvalue weighted by atomic mass is 15.1. The standard InChI is InChI=1S/C15H12N6/c16-14-5-9(1-3-17-14)11-2-4-18-15-12(11)6-13(21-15)10-7-19-20-8-10/h1-8H,(H2,16,17)(H,18,21)(H,19,20). The number of aromatic amines is 2. The highest BCUT2D eigenvalue weighted by molar-refractivity contribution is 5.96. The molecule has 0 atom stereocenters. The Morgan fingerprint density at radius 3 is 2.71 bits per heavy atom. The second-order valence-corrected chi connectivity index (χ2v) is 4.76. The van der Waals surface area contributed by atoms with E-state index in [0.717, 1.165) is 33.4 Å². The van der Waals surface area contributed by atoms with Crippen LogP contribution in [-0.2, 0) is 0 Å². The third kappa shape index (κ3) is 1.93. The first kappa shape index (κ1) is 11.7. The van der Waals surface area contributed by atoms with Crippen molar-refractivity contribution >= 4 is 16.9 Å². The van der Waals surface area contributed by atoms with Crippen molar-refractivity contribution in [3.8, 4) is 22.4 Å². The third-order valence-electron chi connectivity index (χ3n) is 3.43. The first-order chi connectivity index (χ1) is 10.3. The second-order valence-electron chi connectivity index (χ2n) is 4.76. The van der Waals surface area contributed by atoms with E-state index in [2.05, 4.69) is 31.2 Å². The maximum absolute atomic E-state index is 5.78. The molecule has 0 radical (unpaired) electrons. The number of nitrogens with zero attached hydrogens (tertiary/aromatic N) is 3. The molecule has 0 aliphatic carbocycles. The van der Waals surface area contributed by atoms with Crippen molar-refractivity contribution in [1.82, 2.24) is 25.1 Å². The number of pyridine rings is 2. The van der Waals surface area contributed by atoms with E-state index in [-0.39, 0.29) is 0 Å². The number of fused-ring (bicyclic) bond motifs is 1. The van der Waals surface area contributed by atoms with Crippen molar-refractivity contribution in [2.24, 2.45) is 0 Å². The fourth-order valence-electron chi connectivity index (χ4n) is 2.45. The lowest BCUT2D eigenvalue weighted by Gasteiger charge is -2.03. The molecule has 0 aromatic carbocycles. The van der Waals surface area contributed by atoms with Gasteiger partial charge in [-0.2, -0.15) is 5.10 Å². The fraction of sp³-hybridized carbons (Fsp3) is 0. The van der Waals surface area contributed by atoms with Gasteiger partial charge in [0.05, 0.1) is 11.9 Å². The molecule has 6 heteroatoms. The van der Waals surface area contributed by atoms with E-state index in [1.165, 1.54) is 0 Å². The van der Waals surface area contributed by atoms with Gasteiger partial charge in [0.1, 0.15) is 11.5 Å². The number of hydrogen-bond acceptors (Lipinski definition) is 4. The summed E-state index contributed by atoms with van der Waals surface area (Å²) in [5.74, 6) is 0.503. The van der Waals surface area contributed by atoms with E-state index in [0.29, 0.717) is 5.82 Å². The second kappa shape index (κ2) is 4.45. The molecule has 0 aliphatic heterocycles. The molecule has 6 nitrogen and oxygen atoms in total. The predicted octanol–water partition coefficient (Wildman–Crippen LogP) is 2.60. The van der Waals surface area contributed by atoms with Gasteiger partial charge in [-0.3, -0.25) is 5.10 Å². The van der Waals surface area contributed by atoms with Crippen molar-refractivity contribution in [2.45, 2.75) is 0 Å². The van der Waals surface area contributed by atoms with Crippen LogP contribution in [0.15, 0.2) is 49.1 Å². The van der Waals surface area contributed by atoms with Crippen LogP contribution in [0.25, 0.3) is 33.4 Å². The molecule has 4 rings (SSSR count). The minimum absolute atomic E-state index is 0.503. The van der Waals surface area contributed by atoms with Crippen molar-refractivity contribution in [3.05, 3.63) is 49.1 Å². The Labute approximate surface area is 120 Å². The molecule has 0 amide bonds. The van der Waals surface area contributed by atoms with Crippen LogP contribution >= 0.6 is 0 Å². The van der Waals surface area contributed by atoms with E-state index < -0.39 is 0 Å². The van der Waals surface area contributed by atoms with Gasteiger partial charge in [0.2, 0.25) is 0 Å². The summed E-state index contributed by atoms with van der Waals surface area (Å²) < 4.78 is 0. The first-order valence-electron chi connectivity index (χ1n) is 6.50. The molecule has 4 aromatic rings. The summed E-state index contributed by atoms with van der Waals surface area (Å²) in [7, 11) is 0. The van der Waals surface area contributed by atoms with Gasteiger partial charge >= 0.3 is 0 Å². The smallest absolute Gasteiger partial charge is 0.138 e. The molecule has 0 saturated heterocycles. The maximum Gasteiger partial charge on any atom is 0.138 e. The largest absolute Gasteiger partial charge is 0.384 e. The summed E-state index contributed by atoms with van der Waals surface area (Å²) in [4.78, 5) is 11.7. The van der Waals surface area contributed by atoms with Gasteiger partial charge in [0.15, 0.2) is 0 Å². The molecule has 21 heavy (non-hydrogen) atoms. The molecule has 0 bridgehead atoms. The normalized spacial score (nSPS) is 11.0. The molecule has 4 aromatic heterocycles. The minimum atomic E-state index is 0.503. The molecule has 0 saturated carbocycles. The Bertz CT molecular complexity index is 907. The van der Waals surface area contributed by atoms with Crippen LogP contribution in [0.3, 0.4) is 0 Å². The summed E-state index contributed by atoms with van der Waals surface area (Å²) in [5.41, 5.74) is 10.7. The molecule has 102 valence electrons. The zero-order chi connectivity index (χ0) is 14.2. The first-order valence-corrected chi connectivity index (χ1v) is 6.50. The zero-order valence-electron chi connectivity index (χ0n) is 11.0. The van der Waals surface area contributed by atoms with Gasteiger partial charge in [0.25, 0.3) is 0 Å². The van der Waals surface area contributed by atoms with Crippen molar-refractivity contribution in [2.75, 3.05) is 5.73 Å². The maximum atomic E-state index is 5.78. The Balaban J connectivity index is 1.94. The average molecular weight is 276 g/mol. The van der Waals surface area contributed by atoms with Crippen LogP contribution in [0.2, 0.25) is 0 Å². The Hall–Kier alpha value is -3.15.